The first-order valence-corrected chi connectivity index (χ1v) is 13.4. The third kappa shape index (κ3) is 10.2. The molecular weight excluding hydrogens is 336 g/mol. The third-order valence-corrected chi connectivity index (χ3v) is 8.60. The molecule has 1 fully saturated rings. The van der Waals surface area contributed by atoms with Crippen LogP contribution in [0.15, 0.2) is 0 Å². The first-order valence-electron chi connectivity index (χ1n) is 13.4. The smallest absolute Gasteiger partial charge is 0.0297 e. The van der Waals surface area contributed by atoms with Gasteiger partial charge in [-0.15, -0.1) is 0 Å². The van der Waals surface area contributed by atoms with Crippen LogP contribution in [-0.2, 0) is 0 Å². The largest absolute Gasteiger partial charge is 0.0654 e. The maximum Gasteiger partial charge on any atom is -0.0297 e. The zero-order valence-corrected chi connectivity index (χ0v) is 21.0. The summed E-state index contributed by atoms with van der Waals surface area (Å²) in [5, 5.41) is 0. The van der Waals surface area contributed by atoms with Crippen LogP contribution in [0.5, 0.6) is 0 Å². The minimum absolute atomic E-state index is 0.711. The predicted octanol–water partition coefficient (Wildman–Crippen LogP) is 10.1. The fourth-order valence-corrected chi connectivity index (χ4v) is 5.56. The summed E-state index contributed by atoms with van der Waals surface area (Å²) in [5.74, 6) is 4.80. The van der Waals surface area contributed by atoms with Crippen molar-refractivity contribution in [1.82, 2.24) is 0 Å². The second kappa shape index (κ2) is 14.1. The average molecular weight is 393 g/mol. The molecule has 1 rings (SSSR count). The van der Waals surface area contributed by atoms with E-state index in [2.05, 4.69) is 48.5 Å². The topological polar surface area (TPSA) is 0 Å². The number of rotatable bonds is 18. The quantitative estimate of drug-likeness (QED) is 0.203. The molecule has 0 saturated heterocycles. The van der Waals surface area contributed by atoms with Crippen molar-refractivity contribution in [2.45, 2.75) is 145 Å². The van der Waals surface area contributed by atoms with Crippen molar-refractivity contribution < 1.29 is 0 Å². The van der Waals surface area contributed by atoms with Gasteiger partial charge in [0, 0.05) is 0 Å². The van der Waals surface area contributed by atoms with E-state index in [1.165, 1.54) is 96.3 Å². The van der Waals surface area contributed by atoms with E-state index in [0.717, 1.165) is 29.6 Å². The van der Waals surface area contributed by atoms with Crippen LogP contribution in [0.1, 0.15) is 145 Å². The van der Waals surface area contributed by atoms with Gasteiger partial charge in [-0.05, 0) is 54.3 Å². The van der Waals surface area contributed by atoms with Crippen LogP contribution in [0.3, 0.4) is 0 Å². The Bertz CT molecular complexity index is 372. The summed E-state index contributed by atoms with van der Waals surface area (Å²) in [7, 11) is 0. The van der Waals surface area contributed by atoms with Gasteiger partial charge in [0.25, 0.3) is 0 Å². The van der Waals surface area contributed by atoms with E-state index in [-0.39, 0.29) is 0 Å². The molecule has 0 aromatic rings. The highest BCUT2D eigenvalue weighted by atomic mass is 14.5. The van der Waals surface area contributed by atoms with Crippen molar-refractivity contribution in [3.05, 3.63) is 0 Å². The van der Waals surface area contributed by atoms with Crippen molar-refractivity contribution in [2.75, 3.05) is 0 Å². The Morgan fingerprint density at radius 2 is 1.36 bits per heavy atom. The van der Waals surface area contributed by atoms with Gasteiger partial charge in [0.1, 0.15) is 0 Å². The van der Waals surface area contributed by atoms with Gasteiger partial charge in [0.15, 0.2) is 0 Å². The van der Waals surface area contributed by atoms with Crippen LogP contribution in [0.4, 0.5) is 0 Å². The molecule has 0 N–H and O–H groups in total. The van der Waals surface area contributed by atoms with Gasteiger partial charge in [-0.1, -0.05) is 126 Å². The Hall–Kier alpha value is 0. The molecule has 0 spiro atoms. The Morgan fingerprint density at radius 3 is 1.93 bits per heavy atom. The third-order valence-electron chi connectivity index (χ3n) is 8.60. The summed E-state index contributed by atoms with van der Waals surface area (Å²) in [4.78, 5) is 0. The number of hydrogen-bond acceptors (Lipinski definition) is 0. The molecule has 0 aromatic carbocycles. The lowest BCUT2D eigenvalue weighted by Gasteiger charge is -2.26. The predicted molar refractivity (Wildman–Crippen MR) is 129 cm³/mol. The first-order chi connectivity index (χ1) is 13.4. The number of unbranched alkanes of at least 4 members (excludes halogenated alkanes) is 2. The Kier molecular flexibility index (Phi) is 13.1. The lowest BCUT2D eigenvalue weighted by atomic mass is 9.80. The molecule has 1 aliphatic rings. The maximum absolute atomic E-state index is 2.55. The number of hydrogen-bond donors (Lipinski definition) is 0. The van der Waals surface area contributed by atoms with Crippen molar-refractivity contribution in [3.63, 3.8) is 0 Å². The monoisotopic (exact) mass is 392 g/mol. The van der Waals surface area contributed by atoms with Gasteiger partial charge in [0.05, 0.1) is 0 Å². The van der Waals surface area contributed by atoms with Crippen molar-refractivity contribution in [1.29, 1.82) is 0 Å². The Balaban J connectivity index is 2.22. The van der Waals surface area contributed by atoms with E-state index >= 15 is 0 Å². The fourth-order valence-electron chi connectivity index (χ4n) is 5.56. The highest BCUT2D eigenvalue weighted by molar-refractivity contribution is 4.95. The standard InChI is InChI=1S/C28H56/c1-8-11-17-26(10-3)18-13-12-16-23(4)24(5)21-27(15-9-2)19-14-20-28(7)22-25(28)6/h23-27H,8-22H2,1-7H3. The molecule has 6 unspecified atom stereocenters. The zero-order chi connectivity index (χ0) is 21.0. The van der Waals surface area contributed by atoms with Gasteiger partial charge in [-0.2, -0.15) is 0 Å². The Morgan fingerprint density at radius 1 is 0.750 bits per heavy atom. The summed E-state index contributed by atoms with van der Waals surface area (Å²) >= 11 is 0. The summed E-state index contributed by atoms with van der Waals surface area (Å²) in [6, 6.07) is 0. The van der Waals surface area contributed by atoms with Gasteiger partial charge >= 0.3 is 0 Å². The molecule has 0 nitrogen and oxygen atoms in total. The van der Waals surface area contributed by atoms with Crippen molar-refractivity contribution >= 4 is 0 Å². The molecule has 0 aliphatic heterocycles. The molecule has 0 aromatic heterocycles. The fraction of sp³-hybridized carbons (Fsp3) is 1.00. The SMILES string of the molecule is CCCCC(CC)CCCCC(C)C(C)CC(CCC)CCCC1(C)CC1C. The van der Waals surface area contributed by atoms with Crippen LogP contribution in [0, 0.1) is 35.0 Å². The molecule has 0 amide bonds. The molecule has 1 saturated carbocycles. The van der Waals surface area contributed by atoms with Crippen LogP contribution in [-0.4, -0.2) is 0 Å². The molecule has 28 heavy (non-hydrogen) atoms. The van der Waals surface area contributed by atoms with Gasteiger partial charge in [0.2, 0.25) is 0 Å². The van der Waals surface area contributed by atoms with E-state index in [4.69, 9.17) is 0 Å². The van der Waals surface area contributed by atoms with E-state index in [0.29, 0.717) is 5.41 Å². The van der Waals surface area contributed by atoms with Crippen molar-refractivity contribution in [2.24, 2.45) is 35.0 Å². The molecule has 168 valence electrons. The zero-order valence-electron chi connectivity index (χ0n) is 21.0. The summed E-state index contributed by atoms with van der Waals surface area (Å²) in [6.45, 7) is 17.1. The van der Waals surface area contributed by atoms with Crippen LogP contribution >= 0.6 is 0 Å². The van der Waals surface area contributed by atoms with E-state index in [1.807, 2.05) is 0 Å². The van der Waals surface area contributed by atoms with E-state index in [1.54, 1.807) is 0 Å². The molecule has 0 heteroatoms. The lowest BCUT2D eigenvalue weighted by Crippen LogP contribution is -2.14. The highest BCUT2D eigenvalue weighted by Gasteiger charge is 2.45. The molecule has 0 heterocycles. The second-order valence-corrected chi connectivity index (χ2v) is 11.2. The average Bonchev–Trinajstić information content (AvgIpc) is 3.27. The van der Waals surface area contributed by atoms with Crippen LogP contribution < -0.4 is 0 Å². The minimum atomic E-state index is 0.711. The lowest BCUT2D eigenvalue weighted by molar-refractivity contribution is 0.256. The maximum atomic E-state index is 2.55. The molecule has 0 bridgehead atoms. The minimum Gasteiger partial charge on any atom is -0.0654 e. The van der Waals surface area contributed by atoms with Gasteiger partial charge in [-0.25, -0.2) is 0 Å². The van der Waals surface area contributed by atoms with E-state index in [9.17, 15) is 0 Å². The second-order valence-electron chi connectivity index (χ2n) is 11.2. The first kappa shape index (κ1) is 26.0. The normalized spacial score (nSPS) is 26.0. The molecule has 6 atom stereocenters. The molecule has 1 aliphatic carbocycles. The van der Waals surface area contributed by atoms with Crippen LogP contribution in [0.25, 0.3) is 0 Å². The van der Waals surface area contributed by atoms with Gasteiger partial charge in [-0.3, -0.25) is 0 Å². The van der Waals surface area contributed by atoms with Crippen LogP contribution in [0.2, 0.25) is 0 Å². The van der Waals surface area contributed by atoms with Crippen molar-refractivity contribution in [3.8, 4) is 0 Å². The molecular formula is C28H56. The molecule has 0 radical (unpaired) electrons. The summed E-state index contributed by atoms with van der Waals surface area (Å²) in [5.41, 5.74) is 0.711. The van der Waals surface area contributed by atoms with E-state index < -0.39 is 0 Å². The highest BCUT2D eigenvalue weighted by Crippen LogP contribution is 2.55. The summed E-state index contributed by atoms with van der Waals surface area (Å²) < 4.78 is 0. The Labute approximate surface area is 180 Å². The summed E-state index contributed by atoms with van der Waals surface area (Å²) in [6.07, 6.45) is 21.8. The van der Waals surface area contributed by atoms with Gasteiger partial charge < -0.3 is 0 Å².